The maximum atomic E-state index is 11.9. The van der Waals surface area contributed by atoms with E-state index >= 15 is 0 Å². The van der Waals surface area contributed by atoms with Crippen molar-refractivity contribution < 1.29 is 19.0 Å². The Morgan fingerprint density at radius 1 is 1.22 bits per heavy atom. The van der Waals surface area contributed by atoms with Crippen LogP contribution in [0.2, 0.25) is 5.02 Å². The molecule has 9 nitrogen and oxygen atoms in total. The second-order valence-electron chi connectivity index (χ2n) is 9.43. The predicted octanol–water partition coefficient (Wildman–Crippen LogP) is 4.76. The number of allylic oxidation sites excluding steroid dienone is 1. The quantitative estimate of drug-likeness (QED) is 0.344. The summed E-state index contributed by atoms with van der Waals surface area (Å²) in [6, 6.07) is 5.42. The molecule has 1 aromatic carbocycles. The molecule has 10 heteroatoms. The Morgan fingerprint density at radius 3 is 2.78 bits per heavy atom. The highest BCUT2D eigenvalue weighted by Gasteiger charge is 2.30. The lowest BCUT2D eigenvalue weighted by Crippen LogP contribution is -2.30. The number of nitrogens with zero attached hydrogens (tertiary/aromatic N) is 3. The van der Waals surface area contributed by atoms with E-state index < -0.39 is 0 Å². The van der Waals surface area contributed by atoms with Crippen molar-refractivity contribution in [2.75, 3.05) is 44.6 Å². The molecule has 1 aliphatic carbocycles. The number of aromatic nitrogens is 3. The van der Waals surface area contributed by atoms with Gasteiger partial charge in [-0.2, -0.15) is 0 Å². The molecule has 194 valence electrons. The Labute approximate surface area is 220 Å². The van der Waals surface area contributed by atoms with Gasteiger partial charge in [-0.3, -0.25) is 4.79 Å². The number of ketones is 1. The van der Waals surface area contributed by atoms with Crippen LogP contribution in [0.1, 0.15) is 19.3 Å². The van der Waals surface area contributed by atoms with Crippen LogP contribution in [0.4, 0.5) is 11.8 Å². The van der Waals surface area contributed by atoms with Crippen molar-refractivity contribution in [2.45, 2.75) is 25.3 Å². The average Bonchev–Trinajstić information content (AvgIpc) is 3.66. The Hall–Kier alpha value is -3.43. The highest BCUT2D eigenvalue weighted by Crippen LogP contribution is 2.40. The van der Waals surface area contributed by atoms with Gasteiger partial charge in [-0.05, 0) is 37.0 Å². The van der Waals surface area contributed by atoms with Crippen LogP contribution in [-0.4, -0.2) is 60.8 Å². The number of rotatable bonds is 11. The molecule has 2 aliphatic rings. The van der Waals surface area contributed by atoms with Crippen LogP contribution in [0.25, 0.3) is 22.2 Å². The van der Waals surface area contributed by atoms with Crippen LogP contribution in [0.15, 0.2) is 37.1 Å². The van der Waals surface area contributed by atoms with Crippen molar-refractivity contribution in [3.8, 4) is 22.8 Å². The van der Waals surface area contributed by atoms with Gasteiger partial charge < -0.3 is 24.8 Å². The van der Waals surface area contributed by atoms with Crippen molar-refractivity contribution in [3.05, 3.63) is 42.1 Å². The lowest BCUT2D eigenvalue weighted by molar-refractivity contribution is -0.115. The fraction of sp³-hybridized carbons (Fsp3) is 0.407. The van der Waals surface area contributed by atoms with Gasteiger partial charge in [-0.25, -0.2) is 15.0 Å². The Kier molecular flexibility index (Phi) is 7.43. The standard InChI is InChI=1S/C27H30ClN5O4/c1-4-18(34)7-17-13-37-14-22(17)32-27-30-12-16-8-21(20-9-19(35-2)10-23(36-3)24(20)28)31-26(25(16)33-27)29-11-15-5-6-15/h4,8-10,12,15,17,22H,1,5-7,11,13-14H2,2-3H3,(H,29,31)(H,30,32,33)/t17-,22+/m0/s1. The van der Waals surface area contributed by atoms with Gasteiger partial charge in [0, 0.05) is 42.1 Å². The molecule has 0 amide bonds. The summed E-state index contributed by atoms with van der Waals surface area (Å²) >= 11 is 6.67. The highest BCUT2D eigenvalue weighted by molar-refractivity contribution is 6.34. The number of nitrogens with one attached hydrogen (secondary N) is 2. The van der Waals surface area contributed by atoms with Gasteiger partial charge in [0.2, 0.25) is 5.95 Å². The SMILES string of the molecule is C=CC(=O)C[C@H]1COC[C@H]1Nc1ncc2cc(-c3cc(OC)cc(OC)c3Cl)nc(NCC3CC3)c2n1. The minimum atomic E-state index is -0.0699. The Bertz CT molecular complexity index is 1330. The number of fused-ring (bicyclic) bond motifs is 1. The van der Waals surface area contributed by atoms with Gasteiger partial charge in [0.15, 0.2) is 11.6 Å². The number of carbonyl (C=O) groups excluding carboxylic acids is 1. The number of ether oxygens (including phenoxy) is 3. The zero-order valence-electron chi connectivity index (χ0n) is 20.9. The summed E-state index contributed by atoms with van der Waals surface area (Å²) in [7, 11) is 3.16. The highest BCUT2D eigenvalue weighted by atomic mass is 35.5. The number of carbonyl (C=O) groups is 1. The molecule has 5 rings (SSSR count). The van der Waals surface area contributed by atoms with Crippen molar-refractivity contribution in [2.24, 2.45) is 11.8 Å². The fourth-order valence-electron chi connectivity index (χ4n) is 4.43. The molecule has 2 N–H and O–H groups in total. The van der Waals surface area contributed by atoms with Crippen LogP contribution >= 0.6 is 11.6 Å². The summed E-state index contributed by atoms with van der Waals surface area (Å²) in [4.78, 5) is 26.2. The van der Waals surface area contributed by atoms with Gasteiger partial charge in [0.25, 0.3) is 0 Å². The lowest BCUT2D eigenvalue weighted by Gasteiger charge is -2.19. The smallest absolute Gasteiger partial charge is 0.223 e. The monoisotopic (exact) mass is 523 g/mol. The number of methoxy groups -OCH3 is 2. The van der Waals surface area contributed by atoms with Crippen LogP contribution in [-0.2, 0) is 9.53 Å². The van der Waals surface area contributed by atoms with E-state index in [1.54, 1.807) is 26.5 Å². The maximum Gasteiger partial charge on any atom is 0.223 e. The molecule has 0 spiro atoms. The molecule has 1 saturated heterocycles. The summed E-state index contributed by atoms with van der Waals surface area (Å²) in [5.74, 6) is 2.90. The van der Waals surface area contributed by atoms with Crippen molar-refractivity contribution in [1.82, 2.24) is 15.0 Å². The van der Waals surface area contributed by atoms with Gasteiger partial charge in [0.05, 0.1) is 44.2 Å². The summed E-state index contributed by atoms with van der Waals surface area (Å²) in [5, 5.41) is 8.10. The molecule has 2 fully saturated rings. The molecular weight excluding hydrogens is 494 g/mol. The average molecular weight is 524 g/mol. The van der Waals surface area contributed by atoms with E-state index in [4.69, 9.17) is 35.8 Å². The molecule has 37 heavy (non-hydrogen) atoms. The molecule has 2 atom stereocenters. The summed E-state index contributed by atoms with van der Waals surface area (Å²) in [5.41, 5.74) is 2.05. The summed E-state index contributed by atoms with van der Waals surface area (Å²) < 4.78 is 16.5. The first kappa shape index (κ1) is 25.2. The van der Waals surface area contributed by atoms with E-state index in [0.29, 0.717) is 70.6 Å². The summed E-state index contributed by atoms with van der Waals surface area (Å²) in [6.07, 6.45) is 5.91. The molecule has 3 aromatic rings. The Balaban J connectivity index is 1.51. The minimum Gasteiger partial charge on any atom is -0.497 e. The molecule has 0 radical (unpaired) electrons. The van der Waals surface area contributed by atoms with Crippen LogP contribution in [0.3, 0.4) is 0 Å². The maximum absolute atomic E-state index is 11.9. The van der Waals surface area contributed by atoms with Crippen molar-refractivity contribution in [1.29, 1.82) is 0 Å². The van der Waals surface area contributed by atoms with Gasteiger partial charge in [0.1, 0.15) is 17.0 Å². The first-order valence-corrected chi connectivity index (χ1v) is 12.7. The lowest BCUT2D eigenvalue weighted by atomic mass is 9.97. The third-order valence-electron chi connectivity index (χ3n) is 6.77. The largest absolute Gasteiger partial charge is 0.497 e. The number of anilines is 2. The fourth-order valence-corrected chi connectivity index (χ4v) is 4.71. The van der Waals surface area contributed by atoms with E-state index in [-0.39, 0.29) is 17.7 Å². The van der Waals surface area contributed by atoms with Crippen LogP contribution in [0.5, 0.6) is 11.5 Å². The first-order chi connectivity index (χ1) is 18.0. The van der Waals surface area contributed by atoms with E-state index in [0.717, 1.165) is 11.9 Å². The zero-order valence-corrected chi connectivity index (χ0v) is 21.7. The predicted molar refractivity (Wildman–Crippen MR) is 144 cm³/mol. The third kappa shape index (κ3) is 5.62. The topological polar surface area (TPSA) is 107 Å². The molecule has 2 aromatic heterocycles. The Morgan fingerprint density at radius 2 is 2.05 bits per heavy atom. The van der Waals surface area contributed by atoms with Gasteiger partial charge in [-0.15, -0.1) is 0 Å². The van der Waals surface area contributed by atoms with Crippen molar-refractivity contribution >= 4 is 40.1 Å². The number of pyridine rings is 1. The van der Waals surface area contributed by atoms with Crippen LogP contribution < -0.4 is 20.1 Å². The van der Waals surface area contributed by atoms with Gasteiger partial charge in [-0.1, -0.05) is 18.2 Å². The van der Waals surface area contributed by atoms with Crippen molar-refractivity contribution in [3.63, 3.8) is 0 Å². The van der Waals surface area contributed by atoms with E-state index in [1.807, 2.05) is 12.1 Å². The number of halogens is 1. The zero-order chi connectivity index (χ0) is 25.9. The van der Waals surface area contributed by atoms with E-state index in [2.05, 4.69) is 22.2 Å². The summed E-state index contributed by atoms with van der Waals surface area (Å²) in [6.45, 7) is 5.38. The minimum absolute atomic E-state index is 0.00199. The molecule has 1 aliphatic heterocycles. The second kappa shape index (κ2) is 10.9. The number of hydrogen-bond donors (Lipinski definition) is 2. The number of hydrogen-bond acceptors (Lipinski definition) is 9. The van der Waals surface area contributed by atoms with E-state index in [1.165, 1.54) is 18.9 Å². The third-order valence-corrected chi connectivity index (χ3v) is 7.16. The van der Waals surface area contributed by atoms with Gasteiger partial charge >= 0.3 is 0 Å². The second-order valence-corrected chi connectivity index (χ2v) is 9.80. The molecule has 0 bridgehead atoms. The molecule has 1 saturated carbocycles. The molecular formula is C27H30ClN5O4. The van der Waals surface area contributed by atoms with Crippen LogP contribution in [0, 0.1) is 11.8 Å². The first-order valence-electron chi connectivity index (χ1n) is 12.3. The number of benzene rings is 1. The normalized spacial score (nSPS) is 19.0. The molecule has 3 heterocycles. The van der Waals surface area contributed by atoms with E-state index in [9.17, 15) is 4.79 Å². The molecule has 0 unspecified atom stereocenters.